The molecule has 4 aromatic carbocycles. The van der Waals surface area contributed by atoms with E-state index in [0.717, 1.165) is 93.1 Å². The first kappa shape index (κ1) is 46.4. The first-order chi connectivity index (χ1) is 34.0. The number of aromatic nitrogens is 4. The third-order valence-electron chi connectivity index (χ3n) is 13.8. The van der Waals surface area contributed by atoms with E-state index in [1.165, 1.54) is 0 Å². The van der Waals surface area contributed by atoms with Crippen molar-refractivity contribution in [2.45, 2.75) is 75.9 Å². The Hall–Kier alpha value is -7.30. The molecule has 10 rings (SSSR count). The minimum absolute atomic E-state index is 0.154. The summed E-state index contributed by atoms with van der Waals surface area (Å²) in [7, 11) is 7.68. The molecule has 362 valence electrons. The normalized spacial score (nSPS) is 17.7. The predicted molar refractivity (Wildman–Crippen MR) is 264 cm³/mol. The number of imidazole rings is 2. The van der Waals surface area contributed by atoms with E-state index in [2.05, 4.69) is 32.7 Å². The number of benzene rings is 4. The van der Waals surface area contributed by atoms with Gasteiger partial charge in [-0.3, -0.25) is 19.2 Å². The molecule has 0 unspecified atom stereocenters. The van der Waals surface area contributed by atoms with Gasteiger partial charge in [0.15, 0.2) is 0 Å². The number of hydrogen-bond donors (Lipinski definition) is 4. The largest absolute Gasteiger partial charge is 0.488 e. The highest BCUT2D eigenvalue weighted by molar-refractivity contribution is 5.91. The van der Waals surface area contributed by atoms with Crippen LogP contribution in [0.2, 0.25) is 0 Å². The molecule has 16 heteroatoms. The zero-order valence-corrected chi connectivity index (χ0v) is 40.2. The van der Waals surface area contributed by atoms with Gasteiger partial charge in [-0.15, -0.1) is 0 Å². The molecule has 0 radical (unpaired) electrons. The molecule has 2 aromatic heterocycles. The number of nitrogens with one attached hydrogen (secondary N) is 4. The first-order valence-electron chi connectivity index (χ1n) is 24.3. The van der Waals surface area contributed by atoms with Gasteiger partial charge >= 0.3 is 0 Å². The summed E-state index contributed by atoms with van der Waals surface area (Å²) in [6, 6.07) is 25.0. The third kappa shape index (κ3) is 9.53. The van der Waals surface area contributed by atoms with E-state index >= 15 is 0 Å². The summed E-state index contributed by atoms with van der Waals surface area (Å²) in [5.74, 6) is 2.26. The molecule has 16 nitrogen and oxygen atoms in total. The molecule has 0 spiro atoms. The monoisotopic (exact) mass is 944 g/mol. The van der Waals surface area contributed by atoms with E-state index < -0.39 is 12.1 Å². The van der Waals surface area contributed by atoms with Gasteiger partial charge in [0.1, 0.15) is 48.4 Å². The fourth-order valence-corrected chi connectivity index (χ4v) is 10.2. The predicted octanol–water partition coefficient (Wildman–Crippen LogP) is 6.86. The molecule has 2 saturated heterocycles. The van der Waals surface area contributed by atoms with E-state index in [-0.39, 0.29) is 48.6 Å². The molecule has 6 aromatic rings. The van der Waals surface area contributed by atoms with Crippen LogP contribution >= 0.6 is 0 Å². The third-order valence-corrected chi connectivity index (χ3v) is 13.8. The fraction of sp³-hybridized carbons (Fsp3) is 0.370. The van der Waals surface area contributed by atoms with E-state index in [0.29, 0.717) is 51.0 Å². The van der Waals surface area contributed by atoms with E-state index in [1.807, 2.05) is 133 Å². The van der Waals surface area contributed by atoms with Crippen LogP contribution in [0.15, 0.2) is 97.3 Å². The van der Waals surface area contributed by atoms with Crippen LogP contribution in [0.4, 0.5) is 0 Å². The fourth-order valence-electron chi connectivity index (χ4n) is 10.2. The number of aromatic amines is 2. The zero-order valence-electron chi connectivity index (χ0n) is 40.2. The van der Waals surface area contributed by atoms with E-state index in [9.17, 15) is 19.2 Å². The van der Waals surface area contributed by atoms with Gasteiger partial charge in [-0.05, 0) is 89.3 Å². The lowest BCUT2D eigenvalue weighted by molar-refractivity contribution is -0.137. The van der Waals surface area contributed by atoms with Crippen LogP contribution in [0.5, 0.6) is 11.5 Å². The Kier molecular flexibility index (Phi) is 13.2. The zero-order chi connectivity index (χ0) is 48.5. The Labute approximate surface area is 407 Å². The lowest BCUT2D eigenvalue weighted by atomic mass is 9.87. The maximum absolute atomic E-state index is 14.3. The van der Waals surface area contributed by atoms with Gasteiger partial charge in [-0.1, -0.05) is 60.7 Å². The van der Waals surface area contributed by atoms with Crippen LogP contribution in [0.1, 0.15) is 96.6 Å². The van der Waals surface area contributed by atoms with Crippen LogP contribution in [0, 0.1) is 0 Å². The second-order valence-corrected chi connectivity index (χ2v) is 19.3. The van der Waals surface area contributed by atoms with Crippen LogP contribution in [0.25, 0.3) is 33.6 Å². The van der Waals surface area contributed by atoms with Crippen LogP contribution in [-0.2, 0) is 32.4 Å². The molecule has 0 aliphatic carbocycles. The molecule has 4 aliphatic heterocycles. The van der Waals surface area contributed by atoms with E-state index in [4.69, 9.17) is 19.4 Å². The number of carbonyl (C=O) groups excluding carboxylic acids is 4. The SMILES string of the molecule is CN(C)CCC(=O)N[C@@H](C(=O)N1CCC[C@H]1c1ncc(-c2cc3c4c(c2)OCc2cc(-c5cnc([C@@H]6CCCN6C(=O)[C@H](NC(=O)CCN(C)C)c6ccccc6)[nH]5)cc(c2-4)OC3)[nH]1)c1ccccc1. The van der Waals surface area contributed by atoms with Crippen molar-refractivity contribution in [2.24, 2.45) is 0 Å². The summed E-state index contributed by atoms with van der Waals surface area (Å²) in [4.78, 5) is 79.1. The number of hydrogen-bond acceptors (Lipinski definition) is 10. The van der Waals surface area contributed by atoms with Crippen molar-refractivity contribution in [1.82, 2.24) is 50.2 Å². The molecule has 70 heavy (non-hydrogen) atoms. The number of ether oxygens (including phenoxy) is 2. The summed E-state index contributed by atoms with van der Waals surface area (Å²) in [6.07, 6.45) is 7.33. The molecule has 0 saturated carbocycles. The molecule has 4 aliphatic rings. The van der Waals surface area contributed by atoms with Crippen molar-refractivity contribution in [3.63, 3.8) is 0 Å². The van der Waals surface area contributed by atoms with Crippen molar-refractivity contribution < 1.29 is 28.7 Å². The van der Waals surface area contributed by atoms with Gasteiger partial charge in [0.05, 0.1) is 35.9 Å². The number of amides is 4. The van der Waals surface area contributed by atoms with Crippen molar-refractivity contribution in [2.75, 3.05) is 54.4 Å². The maximum atomic E-state index is 14.3. The molecular formula is C54H60N10O6. The highest BCUT2D eigenvalue weighted by Crippen LogP contribution is 2.51. The smallest absolute Gasteiger partial charge is 0.250 e. The van der Waals surface area contributed by atoms with Gasteiger partial charge in [-0.25, -0.2) is 9.97 Å². The summed E-state index contributed by atoms with van der Waals surface area (Å²) in [6.45, 7) is 2.96. The molecule has 4 N–H and O–H groups in total. The van der Waals surface area contributed by atoms with Gasteiger partial charge in [0.2, 0.25) is 23.6 Å². The number of H-pyrrole nitrogens is 2. The van der Waals surface area contributed by atoms with Gasteiger partial charge in [-0.2, -0.15) is 0 Å². The summed E-state index contributed by atoms with van der Waals surface area (Å²) in [5.41, 5.74) is 8.91. The highest BCUT2D eigenvalue weighted by atomic mass is 16.5. The summed E-state index contributed by atoms with van der Waals surface area (Å²) in [5, 5.41) is 6.05. The topological polar surface area (TPSA) is 181 Å². The van der Waals surface area contributed by atoms with Crippen molar-refractivity contribution in [3.8, 4) is 45.1 Å². The van der Waals surface area contributed by atoms with Crippen molar-refractivity contribution in [1.29, 1.82) is 0 Å². The minimum atomic E-state index is -0.808. The molecule has 2 fully saturated rings. The minimum Gasteiger partial charge on any atom is -0.488 e. The summed E-state index contributed by atoms with van der Waals surface area (Å²) >= 11 is 0. The molecule has 6 heterocycles. The Morgan fingerprint density at radius 3 is 1.44 bits per heavy atom. The lowest BCUT2D eigenvalue weighted by Crippen LogP contribution is -2.43. The quantitative estimate of drug-likeness (QED) is 0.0801. The summed E-state index contributed by atoms with van der Waals surface area (Å²) < 4.78 is 13.0. The Bertz CT molecular complexity index is 2650. The number of likely N-dealkylation sites (tertiary alicyclic amines) is 2. The van der Waals surface area contributed by atoms with Crippen LogP contribution in [-0.4, -0.2) is 118 Å². The Morgan fingerprint density at radius 2 is 1.04 bits per heavy atom. The highest BCUT2D eigenvalue weighted by Gasteiger charge is 2.39. The second-order valence-electron chi connectivity index (χ2n) is 19.3. The molecule has 4 amide bonds. The van der Waals surface area contributed by atoms with Gasteiger partial charge in [0, 0.05) is 72.4 Å². The molecule has 4 atom stereocenters. The molecular weight excluding hydrogens is 885 g/mol. The standard InChI is InChI=1S/C54H60N10O6/c1-61(2)23-19-45(65)59-49(33-13-7-5-8-14-33)53(67)63-21-11-17-41(63)51-55-29-39(57-51)35-25-37-31-70-44-28-36(26-38-32-69-43(27-35)47(37)48(38)44)40-30-56-52(58-40)42-18-12-22-64(42)54(68)50(34-15-9-6-10-16-34)60-46(66)20-24-62(3)4/h5-10,13-16,25-30,41-42,49-50H,11-12,17-24,31-32H2,1-4H3,(H,55,57)(H,56,58)(H,59,65)(H,60,66)/t41-,42-,49+,50+/m0/s1. The van der Waals surface area contributed by atoms with Gasteiger partial charge < -0.3 is 49.7 Å². The van der Waals surface area contributed by atoms with Gasteiger partial charge in [0.25, 0.3) is 0 Å². The second kappa shape index (κ2) is 20.0. The van der Waals surface area contributed by atoms with E-state index in [1.54, 1.807) is 0 Å². The number of rotatable bonds is 16. The number of carbonyl (C=O) groups is 4. The Balaban J connectivity index is 0.857. The maximum Gasteiger partial charge on any atom is 0.250 e. The van der Waals surface area contributed by atoms with Crippen molar-refractivity contribution >= 4 is 23.6 Å². The van der Waals surface area contributed by atoms with Crippen LogP contribution < -0.4 is 20.1 Å². The average molecular weight is 945 g/mol. The Morgan fingerprint density at radius 1 is 0.629 bits per heavy atom. The van der Waals surface area contributed by atoms with Crippen molar-refractivity contribution in [3.05, 3.63) is 131 Å². The lowest BCUT2D eigenvalue weighted by Gasteiger charge is -2.30. The molecule has 0 bridgehead atoms. The number of nitrogens with zero attached hydrogens (tertiary/aromatic N) is 6. The average Bonchev–Trinajstić information content (AvgIpc) is 4.23. The van der Waals surface area contributed by atoms with Crippen LogP contribution in [0.3, 0.4) is 0 Å². The first-order valence-corrected chi connectivity index (χ1v) is 24.3.